The molecule has 0 spiro atoms. The van der Waals surface area contributed by atoms with Gasteiger partial charge in [0.25, 0.3) is 0 Å². The molecule has 1 rings (SSSR count). The van der Waals surface area contributed by atoms with E-state index in [2.05, 4.69) is 0 Å². The van der Waals surface area contributed by atoms with E-state index in [1.54, 1.807) is 0 Å². The van der Waals surface area contributed by atoms with Crippen LogP contribution in [-0.2, 0) is 0 Å². The van der Waals surface area contributed by atoms with Crippen molar-refractivity contribution in [1.29, 1.82) is 10.8 Å². The maximum Gasteiger partial charge on any atom is 0.0936 e. The fourth-order valence-corrected chi connectivity index (χ4v) is 1.72. The minimum absolute atomic E-state index is 0.237. The van der Waals surface area contributed by atoms with E-state index in [1.807, 2.05) is 0 Å². The molecule has 0 saturated heterocycles. The first-order valence-corrected chi connectivity index (χ1v) is 4.29. The summed E-state index contributed by atoms with van der Waals surface area (Å²) in [4.78, 5) is 0. The van der Waals surface area contributed by atoms with Crippen LogP contribution in [0.4, 0.5) is 0 Å². The summed E-state index contributed by atoms with van der Waals surface area (Å²) < 4.78 is 0. The van der Waals surface area contributed by atoms with E-state index in [9.17, 15) is 0 Å². The van der Waals surface area contributed by atoms with E-state index in [-0.39, 0.29) is 23.5 Å². The summed E-state index contributed by atoms with van der Waals surface area (Å²) in [6, 6.07) is 0. The van der Waals surface area contributed by atoms with Crippen molar-refractivity contribution in [3.63, 3.8) is 0 Å². The van der Waals surface area contributed by atoms with E-state index < -0.39 is 0 Å². The van der Waals surface area contributed by atoms with Crippen LogP contribution in [-0.4, -0.2) is 11.7 Å². The van der Waals surface area contributed by atoms with Gasteiger partial charge < -0.3 is 11.5 Å². The van der Waals surface area contributed by atoms with Crippen molar-refractivity contribution in [1.82, 2.24) is 0 Å². The SMILES string of the molecule is N=C(N)C1CCC(C(=N)N)CC1. The molecule has 0 bridgehead atoms. The van der Waals surface area contributed by atoms with Crippen molar-refractivity contribution in [2.75, 3.05) is 0 Å². The van der Waals surface area contributed by atoms with Crippen molar-refractivity contribution in [3.8, 4) is 0 Å². The first-order valence-electron chi connectivity index (χ1n) is 4.29. The molecule has 4 nitrogen and oxygen atoms in total. The summed E-state index contributed by atoms with van der Waals surface area (Å²) in [5, 5.41) is 14.5. The van der Waals surface area contributed by atoms with Crippen molar-refractivity contribution >= 4 is 11.7 Å². The molecule has 6 N–H and O–H groups in total. The Labute approximate surface area is 72.3 Å². The summed E-state index contributed by atoms with van der Waals surface area (Å²) in [7, 11) is 0. The molecule has 0 aliphatic heterocycles. The molecule has 0 aromatic heterocycles. The van der Waals surface area contributed by atoms with Crippen LogP contribution in [0, 0.1) is 22.7 Å². The maximum atomic E-state index is 7.25. The molecular formula is C8H16N4. The number of nitrogens with two attached hydrogens (primary N) is 2. The van der Waals surface area contributed by atoms with Crippen LogP contribution in [0.15, 0.2) is 0 Å². The normalized spacial score (nSPS) is 29.7. The molecule has 0 amide bonds. The topological polar surface area (TPSA) is 99.7 Å². The fourth-order valence-electron chi connectivity index (χ4n) is 1.72. The maximum absolute atomic E-state index is 7.25. The molecular weight excluding hydrogens is 152 g/mol. The largest absolute Gasteiger partial charge is 0.387 e. The average Bonchev–Trinajstić information content (AvgIpc) is 2.04. The summed E-state index contributed by atoms with van der Waals surface area (Å²) in [6.07, 6.45) is 3.66. The van der Waals surface area contributed by atoms with E-state index in [4.69, 9.17) is 22.3 Å². The first kappa shape index (κ1) is 9.03. The number of amidine groups is 2. The highest BCUT2D eigenvalue weighted by atomic mass is 14.7. The highest BCUT2D eigenvalue weighted by Crippen LogP contribution is 2.28. The zero-order chi connectivity index (χ0) is 9.14. The summed E-state index contributed by atoms with van der Waals surface area (Å²) in [5.41, 5.74) is 10.8. The smallest absolute Gasteiger partial charge is 0.0936 e. The van der Waals surface area contributed by atoms with Crippen molar-refractivity contribution in [2.24, 2.45) is 23.3 Å². The van der Waals surface area contributed by atoms with Crippen molar-refractivity contribution < 1.29 is 0 Å². The van der Waals surface area contributed by atoms with Crippen LogP contribution in [0.2, 0.25) is 0 Å². The van der Waals surface area contributed by atoms with Gasteiger partial charge in [-0.05, 0) is 25.7 Å². The molecule has 1 saturated carbocycles. The summed E-state index contributed by atoms with van der Waals surface area (Å²) >= 11 is 0. The van der Waals surface area contributed by atoms with Gasteiger partial charge in [0.15, 0.2) is 0 Å². The predicted molar refractivity (Wildman–Crippen MR) is 49.3 cm³/mol. The van der Waals surface area contributed by atoms with E-state index in [0.717, 1.165) is 25.7 Å². The lowest BCUT2D eigenvalue weighted by Crippen LogP contribution is -2.31. The molecule has 0 heterocycles. The molecule has 1 aliphatic carbocycles. The van der Waals surface area contributed by atoms with Crippen LogP contribution in [0.25, 0.3) is 0 Å². The zero-order valence-corrected chi connectivity index (χ0v) is 7.14. The first-order chi connectivity index (χ1) is 5.61. The van der Waals surface area contributed by atoms with Gasteiger partial charge in [-0.2, -0.15) is 0 Å². The Kier molecular flexibility index (Phi) is 2.68. The van der Waals surface area contributed by atoms with Gasteiger partial charge in [-0.3, -0.25) is 10.8 Å². The van der Waals surface area contributed by atoms with Crippen LogP contribution >= 0.6 is 0 Å². The molecule has 4 heteroatoms. The lowest BCUT2D eigenvalue weighted by atomic mass is 9.81. The quantitative estimate of drug-likeness (QED) is 0.360. The van der Waals surface area contributed by atoms with Crippen molar-refractivity contribution in [2.45, 2.75) is 25.7 Å². The lowest BCUT2D eigenvalue weighted by Gasteiger charge is -2.26. The van der Waals surface area contributed by atoms with Crippen LogP contribution < -0.4 is 11.5 Å². The summed E-state index contributed by atoms with van der Waals surface area (Å²) in [6.45, 7) is 0. The van der Waals surface area contributed by atoms with E-state index in [1.165, 1.54) is 0 Å². The van der Waals surface area contributed by atoms with Gasteiger partial charge in [0.05, 0.1) is 11.7 Å². The van der Waals surface area contributed by atoms with Gasteiger partial charge in [0.2, 0.25) is 0 Å². The Bertz CT molecular complexity index is 169. The van der Waals surface area contributed by atoms with Crippen LogP contribution in [0.5, 0.6) is 0 Å². The number of rotatable bonds is 2. The molecule has 0 aromatic rings. The minimum Gasteiger partial charge on any atom is -0.387 e. The summed E-state index contributed by atoms with van der Waals surface area (Å²) in [5.74, 6) is 1.05. The third-order valence-corrected chi connectivity index (χ3v) is 2.61. The molecule has 0 aromatic carbocycles. The zero-order valence-electron chi connectivity index (χ0n) is 7.14. The van der Waals surface area contributed by atoms with Crippen molar-refractivity contribution in [3.05, 3.63) is 0 Å². The fraction of sp³-hybridized carbons (Fsp3) is 0.750. The minimum atomic E-state index is 0.237. The lowest BCUT2D eigenvalue weighted by molar-refractivity contribution is 0.383. The number of hydrogen-bond donors (Lipinski definition) is 4. The highest BCUT2D eigenvalue weighted by Gasteiger charge is 2.24. The Balaban J connectivity index is 2.39. The third-order valence-electron chi connectivity index (χ3n) is 2.61. The van der Waals surface area contributed by atoms with E-state index >= 15 is 0 Å². The van der Waals surface area contributed by atoms with Gasteiger partial charge in [0, 0.05) is 11.8 Å². The van der Waals surface area contributed by atoms with Gasteiger partial charge in [-0.1, -0.05) is 0 Å². The van der Waals surface area contributed by atoms with Crippen LogP contribution in [0.3, 0.4) is 0 Å². The second-order valence-corrected chi connectivity index (χ2v) is 3.46. The van der Waals surface area contributed by atoms with E-state index in [0.29, 0.717) is 0 Å². The van der Waals surface area contributed by atoms with Crippen LogP contribution in [0.1, 0.15) is 25.7 Å². The molecule has 0 atom stereocenters. The molecule has 68 valence electrons. The second-order valence-electron chi connectivity index (χ2n) is 3.46. The number of nitrogens with one attached hydrogen (secondary N) is 2. The van der Waals surface area contributed by atoms with Gasteiger partial charge in [-0.15, -0.1) is 0 Å². The van der Waals surface area contributed by atoms with Gasteiger partial charge in [-0.25, -0.2) is 0 Å². The molecule has 0 unspecified atom stereocenters. The molecule has 1 aliphatic rings. The monoisotopic (exact) mass is 168 g/mol. The number of hydrogen-bond acceptors (Lipinski definition) is 2. The average molecular weight is 168 g/mol. The Morgan fingerprint density at radius 1 is 0.833 bits per heavy atom. The highest BCUT2D eigenvalue weighted by molar-refractivity contribution is 5.82. The Morgan fingerprint density at radius 3 is 1.25 bits per heavy atom. The standard InChI is InChI=1S/C8H16N4/c9-7(10)5-1-2-6(4-3-5)8(11)12/h5-6H,1-4H2,(H3,9,10)(H3,11,12). The molecule has 12 heavy (non-hydrogen) atoms. The second kappa shape index (κ2) is 3.56. The predicted octanol–water partition coefficient (Wildman–Crippen LogP) is 0.665. The van der Waals surface area contributed by atoms with Gasteiger partial charge in [0.1, 0.15) is 0 Å². The Hall–Kier alpha value is -1.06. The molecule has 1 fully saturated rings. The third kappa shape index (κ3) is 1.96. The molecule has 0 radical (unpaired) electrons. The van der Waals surface area contributed by atoms with Gasteiger partial charge >= 0.3 is 0 Å². The Morgan fingerprint density at radius 2 is 1.08 bits per heavy atom.